The van der Waals surface area contributed by atoms with Crippen LogP contribution >= 0.6 is 0 Å². The Morgan fingerprint density at radius 3 is 2.30 bits per heavy atom. The molecule has 1 saturated heterocycles. The molecule has 2 heterocycles. The van der Waals surface area contributed by atoms with Gasteiger partial charge in [-0.15, -0.1) is 5.10 Å². The van der Waals surface area contributed by atoms with Crippen molar-refractivity contribution in [1.29, 1.82) is 0 Å². The second-order valence-electron chi connectivity index (χ2n) is 8.04. The molecule has 2 aliphatic rings. The fourth-order valence-electron chi connectivity index (χ4n) is 4.55. The van der Waals surface area contributed by atoms with E-state index in [1.807, 2.05) is 16.8 Å². The van der Waals surface area contributed by atoms with Crippen LogP contribution in [0.2, 0.25) is 0 Å². The van der Waals surface area contributed by atoms with Gasteiger partial charge in [0.2, 0.25) is 0 Å². The van der Waals surface area contributed by atoms with Crippen molar-refractivity contribution >= 4 is 0 Å². The molecule has 0 bridgehead atoms. The average molecular weight is 372 g/mol. The molecule has 1 aromatic carbocycles. The van der Waals surface area contributed by atoms with Crippen molar-refractivity contribution in [2.75, 3.05) is 26.2 Å². The Kier molecular flexibility index (Phi) is 5.50. The third-order valence-electron chi connectivity index (χ3n) is 5.99. The molecule has 0 unspecified atom stereocenters. The first-order chi connectivity index (χ1) is 13.1. The van der Waals surface area contributed by atoms with Crippen molar-refractivity contribution in [3.63, 3.8) is 0 Å². The molecule has 27 heavy (non-hydrogen) atoms. The number of hydrogen-bond donors (Lipinski definition) is 0. The molecule has 1 aliphatic carbocycles. The maximum atomic E-state index is 13.5. The molecule has 2 aromatic rings. The maximum absolute atomic E-state index is 13.5. The minimum absolute atomic E-state index is 0.0475. The van der Waals surface area contributed by atoms with Crippen molar-refractivity contribution in [3.8, 4) is 0 Å². The zero-order chi connectivity index (χ0) is 18.8. The number of aromatic nitrogens is 4. The van der Waals surface area contributed by atoms with Gasteiger partial charge in [-0.3, -0.25) is 9.80 Å². The molecular weight excluding hydrogens is 343 g/mol. The van der Waals surface area contributed by atoms with Crippen molar-refractivity contribution in [2.24, 2.45) is 0 Å². The highest BCUT2D eigenvalue weighted by atomic mass is 19.1. The van der Waals surface area contributed by atoms with E-state index in [4.69, 9.17) is 0 Å². The van der Waals surface area contributed by atoms with Crippen LogP contribution in [0, 0.1) is 5.82 Å². The Balaban J connectivity index is 1.58. The minimum atomic E-state index is -0.216. The van der Waals surface area contributed by atoms with Gasteiger partial charge in [-0.2, -0.15) is 0 Å². The van der Waals surface area contributed by atoms with Crippen LogP contribution in [0.3, 0.4) is 0 Å². The Morgan fingerprint density at radius 1 is 1.00 bits per heavy atom. The van der Waals surface area contributed by atoms with Gasteiger partial charge in [0.1, 0.15) is 5.82 Å². The van der Waals surface area contributed by atoms with E-state index in [1.54, 1.807) is 0 Å². The number of benzene rings is 1. The zero-order valence-electron chi connectivity index (χ0n) is 16.3. The molecule has 1 atom stereocenters. The number of tetrazole rings is 1. The fraction of sp³-hybridized carbons (Fsp3) is 0.650. The number of nitrogens with zero attached hydrogens (tertiary/aromatic N) is 6. The summed E-state index contributed by atoms with van der Waals surface area (Å²) in [5.41, 5.74) is 1.04. The highest BCUT2D eigenvalue weighted by molar-refractivity contribution is 5.25. The zero-order valence-corrected chi connectivity index (χ0v) is 16.3. The smallest absolute Gasteiger partial charge is 0.173 e. The fourth-order valence-corrected chi connectivity index (χ4v) is 4.55. The van der Waals surface area contributed by atoms with Gasteiger partial charge in [0.15, 0.2) is 5.82 Å². The van der Waals surface area contributed by atoms with E-state index in [1.165, 1.54) is 37.8 Å². The third kappa shape index (κ3) is 3.89. The van der Waals surface area contributed by atoms with Gasteiger partial charge in [0.05, 0.1) is 12.1 Å². The third-order valence-corrected chi connectivity index (χ3v) is 5.99. The summed E-state index contributed by atoms with van der Waals surface area (Å²) >= 11 is 0. The van der Waals surface area contributed by atoms with Gasteiger partial charge in [0, 0.05) is 32.2 Å². The van der Waals surface area contributed by atoms with Crippen molar-refractivity contribution < 1.29 is 4.39 Å². The normalized spacial score (nSPS) is 21.2. The van der Waals surface area contributed by atoms with Crippen LogP contribution in [0.5, 0.6) is 0 Å². The van der Waals surface area contributed by atoms with E-state index < -0.39 is 0 Å². The molecule has 0 spiro atoms. The van der Waals surface area contributed by atoms with Crippen LogP contribution in [0.4, 0.5) is 4.39 Å². The first-order valence-corrected chi connectivity index (χ1v) is 10.1. The van der Waals surface area contributed by atoms with E-state index in [0.717, 1.165) is 43.6 Å². The number of rotatable bonds is 5. The SMILES string of the molecule is CC(C)n1nnnc1[C@@H](c1ccc(F)cc1)N1CCN(C2CCCC2)CC1. The Bertz CT molecular complexity index is 729. The van der Waals surface area contributed by atoms with Gasteiger partial charge in [-0.05, 0) is 54.8 Å². The maximum Gasteiger partial charge on any atom is 0.173 e. The van der Waals surface area contributed by atoms with Crippen LogP contribution in [-0.4, -0.2) is 62.2 Å². The summed E-state index contributed by atoms with van der Waals surface area (Å²) in [5.74, 6) is 0.623. The van der Waals surface area contributed by atoms with Crippen molar-refractivity contribution in [3.05, 3.63) is 41.5 Å². The lowest BCUT2D eigenvalue weighted by atomic mass is 10.0. The Morgan fingerprint density at radius 2 is 1.67 bits per heavy atom. The van der Waals surface area contributed by atoms with E-state index in [-0.39, 0.29) is 17.9 Å². The molecule has 1 aromatic heterocycles. The second kappa shape index (κ2) is 8.02. The molecule has 7 heteroatoms. The first kappa shape index (κ1) is 18.5. The Labute approximate surface area is 160 Å². The molecule has 0 N–H and O–H groups in total. The average Bonchev–Trinajstić information content (AvgIpc) is 3.36. The molecule has 146 valence electrons. The summed E-state index contributed by atoms with van der Waals surface area (Å²) in [6, 6.07) is 7.68. The highest BCUT2D eigenvalue weighted by Gasteiger charge is 2.33. The standard InChI is InChI=1S/C20H29FN6/c1-15(2)27-20(22-23-24-27)19(16-7-9-17(21)10-8-16)26-13-11-25(12-14-26)18-5-3-4-6-18/h7-10,15,18-19H,3-6,11-14H2,1-2H3/t19-/m1/s1. The molecule has 4 rings (SSSR count). The van der Waals surface area contributed by atoms with Crippen LogP contribution in [0.25, 0.3) is 0 Å². The first-order valence-electron chi connectivity index (χ1n) is 10.1. The lowest BCUT2D eigenvalue weighted by Gasteiger charge is -2.41. The topological polar surface area (TPSA) is 50.1 Å². The van der Waals surface area contributed by atoms with Gasteiger partial charge in [0.25, 0.3) is 0 Å². The molecule has 1 aliphatic heterocycles. The lowest BCUT2D eigenvalue weighted by molar-refractivity contribution is 0.0766. The predicted molar refractivity (Wildman–Crippen MR) is 102 cm³/mol. The van der Waals surface area contributed by atoms with Gasteiger partial charge >= 0.3 is 0 Å². The summed E-state index contributed by atoms with van der Waals surface area (Å²) in [6.07, 6.45) is 5.42. The summed E-state index contributed by atoms with van der Waals surface area (Å²) in [7, 11) is 0. The van der Waals surface area contributed by atoms with E-state index in [0.29, 0.717) is 0 Å². The van der Waals surface area contributed by atoms with Crippen LogP contribution in [0.15, 0.2) is 24.3 Å². The second-order valence-corrected chi connectivity index (χ2v) is 8.04. The summed E-state index contributed by atoms with van der Waals surface area (Å²) in [6.45, 7) is 8.27. The van der Waals surface area contributed by atoms with Gasteiger partial charge in [-0.25, -0.2) is 9.07 Å². The summed E-state index contributed by atoms with van der Waals surface area (Å²) < 4.78 is 15.4. The quantitative estimate of drug-likeness (QED) is 0.807. The van der Waals surface area contributed by atoms with Crippen molar-refractivity contribution in [2.45, 2.75) is 57.7 Å². The van der Waals surface area contributed by atoms with E-state index >= 15 is 0 Å². The molecular formula is C20H29FN6. The molecule has 1 saturated carbocycles. The Hall–Kier alpha value is -1.86. The van der Waals surface area contributed by atoms with Crippen LogP contribution in [-0.2, 0) is 0 Å². The van der Waals surface area contributed by atoms with Crippen molar-refractivity contribution in [1.82, 2.24) is 30.0 Å². The largest absolute Gasteiger partial charge is 0.298 e. The molecule has 0 radical (unpaired) electrons. The summed E-state index contributed by atoms with van der Waals surface area (Å²) in [4.78, 5) is 5.10. The van der Waals surface area contributed by atoms with E-state index in [9.17, 15) is 4.39 Å². The predicted octanol–water partition coefficient (Wildman–Crippen LogP) is 3.04. The highest BCUT2D eigenvalue weighted by Crippen LogP contribution is 2.31. The summed E-state index contributed by atoms with van der Waals surface area (Å²) in [5, 5.41) is 12.5. The monoisotopic (exact) mass is 372 g/mol. The number of piperazine rings is 1. The molecule has 2 fully saturated rings. The van der Waals surface area contributed by atoms with Crippen LogP contribution in [0.1, 0.15) is 63.0 Å². The van der Waals surface area contributed by atoms with E-state index in [2.05, 4.69) is 39.2 Å². The minimum Gasteiger partial charge on any atom is -0.298 e. The number of halogens is 1. The molecule has 6 nitrogen and oxygen atoms in total. The van der Waals surface area contributed by atoms with Gasteiger partial charge < -0.3 is 0 Å². The molecule has 0 amide bonds. The lowest BCUT2D eigenvalue weighted by Crippen LogP contribution is -2.51. The number of hydrogen-bond acceptors (Lipinski definition) is 5. The van der Waals surface area contributed by atoms with Crippen LogP contribution < -0.4 is 0 Å². The van der Waals surface area contributed by atoms with Gasteiger partial charge in [-0.1, -0.05) is 25.0 Å².